The van der Waals surface area contributed by atoms with Crippen molar-refractivity contribution in [3.05, 3.63) is 22.4 Å². The van der Waals surface area contributed by atoms with Crippen molar-refractivity contribution in [2.75, 3.05) is 20.1 Å². The molecule has 1 aromatic heterocycles. The molecule has 0 aliphatic carbocycles. The van der Waals surface area contributed by atoms with E-state index in [-0.39, 0.29) is 0 Å². The lowest BCUT2D eigenvalue weighted by molar-refractivity contribution is 0.196. The molecule has 0 spiro atoms. The van der Waals surface area contributed by atoms with E-state index >= 15 is 0 Å². The zero-order valence-corrected chi connectivity index (χ0v) is 9.52. The van der Waals surface area contributed by atoms with Crippen LogP contribution in [0.25, 0.3) is 0 Å². The third-order valence-corrected chi connectivity index (χ3v) is 3.82. The molecule has 0 bridgehead atoms. The fourth-order valence-electron chi connectivity index (χ4n) is 2.00. The van der Waals surface area contributed by atoms with Crippen LogP contribution in [0.2, 0.25) is 0 Å². The number of rotatable bonds is 3. The van der Waals surface area contributed by atoms with Gasteiger partial charge in [-0.15, -0.1) is 11.3 Å². The maximum Gasteiger partial charge on any atom is 0.0327 e. The summed E-state index contributed by atoms with van der Waals surface area (Å²) in [6.45, 7) is 3.63. The van der Waals surface area contributed by atoms with Gasteiger partial charge in [0.15, 0.2) is 0 Å². The van der Waals surface area contributed by atoms with E-state index in [9.17, 15) is 0 Å². The fraction of sp³-hybridized carbons (Fsp3) is 0.636. The second kappa shape index (κ2) is 4.91. The van der Waals surface area contributed by atoms with Crippen LogP contribution in [0.5, 0.6) is 0 Å². The van der Waals surface area contributed by atoms with Gasteiger partial charge in [-0.25, -0.2) is 0 Å². The van der Waals surface area contributed by atoms with E-state index in [0.29, 0.717) is 0 Å². The average molecular weight is 210 g/mol. The Bertz CT molecular complexity index is 250. The summed E-state index contributed by atoms with van der Waals surface area (Å²) in [5, 5.41) is 5.52. The van der Waals surface area contributed by atoms with Crippen LogP contribution in [0.3, 0.4) is 0 Å². The molecule has 78 valence electrons. The van der Waals surface area contributed by atoms with Gasteiger partial charge in [-0.2, -0.15) is 0 Å². The minimum absolute atomic E-state index is 0.745. The average Bonchev–Trinajstić information content (AvgIpc) is 2.72. The Hall–Kier alpha value is -0.380. The molecule has 0 unspecified atom stereocenters. The molecule has 0 radical (unpaired) electrons. The maximum atomic E-state index is 3.36. The highest BCUT2D eigenvalue weighted by molar-refractivity contribution is 7.09. The quantitative estimate of drug-likeness (QED) is 0.820. The monoisotopic (exact) mass is 210 g/mol. The maximum absolute atomic E-state index is 3.36. The summed E-state index contributed by atoms with van der Waals surface area (Å²) in [4.78, 5) is 4.05. The van der Waals surface area contributed by atoms with Gasteiger partial charge in [0.25, 0.3) is 0 Å². The van der Waals surface area contributed by atoms with E-state index in [2.05, 4.69) is 34.8 Å². The first kappa shape index (κ1) is 10.1. The summed E-state index contributed by atoms with van der Waals surface area (Å²) >= 11 is 1.87. The minimum atomic E-state index is 0.745. The Morgan fingerprint density at radius 1 is 1.50 bits per heavy atom. The number of nitrogens with zero attached hydrogens (tertiary/aromatic N) is 1. The number of hydrogen-bond donors (Lipinski definition) is 1. The van der Waals surface area contributed by atoms with Crippen molar-refractivity contribution in [2.45, 2.75) is 25.4 Å². The number of likely N-dealkylation sites (tertiary alicyclic amines) is 1. The topological polar surface area (TPSA) is 15.3 Å². The highest BCUT2D eigenvalue weighted by Crippen LogP contribution is 2.16. The van der Waals surface area contributed by atoms with Gasteiger partial charge >= 0.3 is 0 Å². The first-order valence-electron chi connectivity index (χ1n) is 5.30. The van der Waals surface area contributed by atoms with Crippen molar-refractivity contribution in [3.8, 4) is 0 Å². The molecule has 1 aliphatic rings. The van der Waals surface area contributed by atoms with E-state index in [1.807, 2.05) is 11.3 Å². The molecule has 1 fully saturated rings. The lowest BCUT2D eigenvalue weighted by atomic mass is 10.1. The van der Waals surface area contributed by atoms with Crippen LogP contribution >= 0.6 is 11.3 Å². The van der Waals surface area contributed by atoms with E-state index in [1.165, 1.54) is 30.8 Å². The Morgan fingerprint density at radius 2 is 2.29 bits per heavy atom. The second-order valence-electron chi connectivity index (χ2n) is 3.92. The lowest BCUT2D eigenvalue weighted by Gasteiger charge is -2.31. The fourth-order valence-corrected chi connectivity index (χ4v) is 2.75. The van der Waals surface area contributed by atoms with Crippen molar-refractivity contribution in [3.63, 3.8) is 0 Å². The highest BCUT2D eigenvalue weighted by Gasteiger charge is 2.17. The standard InChI is InChI=1S/C11H18N2S/c1-12-10-4-6-13(7-5-10)9-11-3-2-8-14-11/h2-3,8,10,12H,4-7,9H2,1H3. The van der Waals surface area contributed by atoms with Crippen molar-refractivity contribution < 1.29 is 0 Å². The van der Waals surface area contributed by atoms with Crippen LogP contribution in [0.4, 0.5) is 0 Å². The van der Waals surface area contributed by atoms with Gasteiger partial charge in [-0.3, -0.25) is 4.90 Å². The van der Waals surface area contributed by atoms with Crippen LogP contribution in [0.1, 0.15) is 17.7 Å². The molecule has 1 aliphatic heterocycles. The molecule has 1 aromatic rings. The molecule has 3 heteroatoms. The zero-order valence-electron chi connectivity index (χ0n) is 8.70. The number of thiophene rings is 1. The molecule has 2 nitrogen and oxygen atoms in total. The summed E-state index contributed by atoms with van der Waals surface area (Å²) in [5.74, 6) is 0. The molecule has 1 N–H and O–H groups in total. The number of hydrogen-bond acceptors (Lipinski definition) is 3. The van der Waals surface area contributed by atoms with Crippen LogP contribution in [0.15, 0.2) is 17.5 Å². The predicted molar refractivity (Wildman–Crippen MR) is 61.7 cm³/mol. The molecule has 0 aromatic carbocycles. The van der Waals surface area contributed by atoms with Crippen LogP contribution in [-0.4, -0.2) is 31.1 Å². The molecule has 0 saturated carbocycles. The van der Waals surface area contributed by atoms with Gasteiger partial charge in [-0.05, 0) is 44.4 Å². The van der Waals surface area contributed by atoms with Gasteiger partial charge in [0.1, 0.15) is 0 Å². The van der Waals surface area contributed by atoms with Crippen molar-refractivity contribution >= 4 is 11.3 Å². The van der Waals surface area contributed by atoms with Crippen molar-refractivity contribution in [2.24, 2.45) is 0 Å². The molecule has 2 heterocycles. The lowest BCUT2D eigenvalue weighted by Crippen LogP contribution is -2.40. The SMILES string of the molecule is CNC1CCN(Cc2cccs2)CC1. The summed E-state index contributed by atoms with van der Waals surface area (Å²) < 4.78 is 0. The summed E-state index contributed by atoms with van der Waals surface area (Å²) in [7, 11) is 2.07. The van der Waals surface area contributed by atoms with Crippen LogP contribution in [-0.2, 0) is 6.54 Å². The minimum Gasteiger partial charge on any atom is -0.317 e. The van der Waals surface area contributed by atoms with Gasteiger partial charge in [0.2, 0.25) is 0 Å². The Labute approximate surface area is 89.9 Å². The largest absolute Gasteiger partial charge is 0.317 e. The Balaban J connectivity index is 1.79. The van der Waals surface area contributed by atoms with Crippen molar-refractivity contribution in [1.29, 1.82) is 0 Å². The Morgan fingerprint density at radius 3 is 2.86 bits per heavy atom. The van der Waals surface area contributed by atoms with Crippen LogP contribution in [0, 0.1) is 0 Å². The summed E-state index contributed by atoms with van der Waals surface area (Å²) in [6, 6.07) is 5.12. The smallest absolute Gasteiger partial charge is 0.0327 e. The van der Waals surface area contributed by atoms with Gasteiger partial charge in [0, 0.05) is 17.5 Å². The van der Waals surface area contributed by atoms with E-state index in [0.717, 1.165) is 12.6 Å². The highest BCUT2D eigenvalue weighted by atomic mass is 32.1. The third kappa shape index (κ3) is 2.56. The molecule has 0 amide bonds. The van der Waals surface area contributed by atoms with Crippen molar-refractivity contribution in [1.82, 2.24) is 10.2 Å². The Kier molecular flexibility index (Phi) is 3.56. The third-order valence-electron chi connectivity index (χ3n) is 2.96. The van der Waals surface area contributed by atoms with Gasteiger partial charge in [-0.1, -0.05) is 6.07 Å². The first-order chi connectivity index (χ1) is 6.88. The first-order valence-corrected chi connectivity index (χ1v) is 6.18. The summed E-state index contributed by atoms with van der Waals surface area (Å²) in [5.41, 5.74) is 0. The number of piperidine rings is 1. The summed E-state index contributed by atoms with van der Waals surface area (Å²) in [6.07, 6.45) is 2.59. The number of nitrogens with one attached hydrogen (secondary N) is 1. The molecule has 14 heavy (non-hydrogen) atoms. The van der Waals surface area contributed by atoms with Gasteiger partial charge in [0.05, 0.1) is 0 Å². The normalized spacial score (nSPS) is 20.1. The van der Waals surface area contributed by atoms with E-state index < -0.39 is 0 Å². The molecule has 0 atom stereocenters. The molecule has 2 rings (SSSR count). The molecular formula is C11H18N2S. The van der Waals surface area contributed by atoms with E-state index in [4.69, 9.17) is 0 Å². The van der Waals surface area contributed by atoms with Crippen LogP contribution < -0.4 is 5.32 Å². The molecular weight excluding hydrogens is 192 g/mol. The van der Waals surface area contributed by atoms with E-state index in [1.54, 1.807) is 0 Å². The predicted octanol–water partition coefficient (Wildman–Crippen LogP) is 1.93. The zero-order chi connectivity index (χ0) is 9.80. The molecule has 1 saturated heterocycles. The van der Waals surface area contributed by atoms with Gasteiger partial charge < -0.3 is 5.32 Å². The second-order valence-corrected chi connectivity index (χ2v) is 4.95.